The maximum Gasteiger partial charge on any atom is 0.243 e. The van der Waals surface area contributed by atoms with Crippen LogP contribution in [0.3, 0.4) is 0 Å². The van der Waals surface area contributed by atoms with E-state index in [2.05, 4.69) is 15.1 Å². The molecule has 1 fully saturated rings. The summed E-state index contributed by atoms with van der Waals surface area (Å²) in [6.07, 6.45) is 0.791. The van der Waals surface area contributed by atoms with Gasteiger partial charge in [0.25, 0.3) is 0 Å². The molecule has 0 unspecified atom stereocenters. The molecular formula is C24H29N5O5S. The molecule has 0 spiro atoms. The van der Waals surface area contributed by atoms with Gasteiger partial charge in [-0.05, 0) is 59.1 Å². The Morgan fingerprint density at radius 2 is 1.77 bits per heavy atom. The van der Waals surface area contributed by atoms with Crippen LogP contribution in [0.2, 0.25) is 0 Å². The Bertz CT molecular complexity index is 1360. The van der Waals surface area contributed by atoms with Crippen molar-refractivity contribution in [1.29, 1.82) is 0 Å². The summed E-state index contributed by atoms with van der Waals surface area (Å²) in [5.41, 5.74) is 4.57. The van der Waals surface area contributed by atoms with Gasteiger partial charge in [0.1, 0.15) is 0 Å². The van der Waals surface area contributed by atoms with Gasteiger partial charge in [0, 0.05) is 51.2 Å². The molecule has 0 amide bonds. The van der Waals surface area contributed by atoms with Gasteiger partial charge in [-0.3, -0.25) is 4.90 Å². The molecule has 10 nitrogen and oxygen atoms in total. The van der Waals surface area contributed by atoms with E-state index in [0.717, 1.165) is 35.2 Å². The number of aliphatic hydroxyl groups excluding tert-OH is 1. The minimum atomic E-state index is -3.62. The van der Waals surface area contributed by atoms with Crippen molar-refractivity contribution in [3.63, 3.8) is 0 Å². The van der Waals surface area contributed by atoms with E-state index in [4.69, 9.17) is 5.11 Å². The number of rotatable bonds is 6. The lowest BCUT2D eigenvalue weighted by molar-refractivity contribution is 0.151. The number of aliphatic hydroxyl groups is 1. The van der Waals surface area contributed by atoms with Crippen molar-refractivity contribution < 1.29 is 18.6 Å². The lowest BCUT2D eigenvalue weighted by atomic mass is 9.89. The molecule has 1 aromatic heterocycles. The SMILES string of the molecule is CN1CCc2c(-c3ccc(S(=O)(=O)N4CCN(CCO)CC4)cc3)cc3c(N=O)c(O)[nH]c3c2C1. The van der Waals surface area contributed by atoms with Crippen LogP contribution in [0.25, 0.3) is 22.0 Å². The Labute approximate surface area is 203 Å². The van der Waals surface area contributed by atoms with Crippen LogP contribution < -0.4 is 0 Å². The average molecular weight is 500 g/mol. The van der Waals surface area contributed by atoms with Crippen LogP contribution in [0, 0.1) is 4.91 Å². The third kappa shape index (κ3) is 4.23. The van der Waals surface area contributed by atoms with E-state index in [1.807, 2.05) is 18.0 Å². The molecule has 0 radical (unpaired) electrons. The first kappa shape index (κ1) is 23.9. The molecule has 2 aliphatic heterocycles. The Morgan fingerprint density at radius 3 is 2.43 bits per heavy atom. The minimum Gasteiger partial charge on any atom is -0.493 e. The summed E-state index contributed by atoms with van der Waals surface area (Å²) in [6.45, 7) is 4.10. The Kier molecular flexibility index (Phi) is 6.36. The third-order valence-electron chi connectivity index (χ3n) is 7.09. The number of hydrogen-bond acceptors (Lipinski definition) is 8. The molecule has 1 saturated heterocycles. The Hall–Kier alpha value is -2.83. The molecule has 0 bridgehead atoms. The van der Waals surface area contributed by atoms with Crippen molar-refractivity contribution in [2.45, 2.75) is 17.9 Å². The van der Waals surface area contributed by atoms with Crippen LogP contribution in [0.5, 0.6) is 5.88 Å². The first-order valence-corrected chi connectivity index (χ1v) is 13.1. The zero-order chi connectivity index (χ0) is 24.7. The van der Waals surface area contributed by atoms with Crippen molar-refractivity contribution in [1.82, 2.24) is 19.1 Å². The number of H-pyrrole nitrogens is 1. The molecule has 11 heteroatoms. The number of benzene rings is 2. The number of likely N-dealkylation sites (N-methyl/N-ethyl adjacent to an activating group) is 1. The van der Waals surface area contributed by atoms with Gasteiger partial charge in [-0.2, -0.15) is 4.31 Å². The highest BCUT2D eigenvalue weighted by Crippen LogP contribution is 2.43. The molecule has 3 N–H and O–H groups in total. The van der Waals surface area contributed by atoms with Crippen molar-refractivity contribution in [3.05, 3.63) is 46.4 Å². The van der Waals surface area contributed by atoms with Crippen LogP contribution in [0.15, 0.2) is 40.4 Å². The van der Waals surface area contributed by atoms with Crippen LogP contribution in [-0.4, -0.2) is 90.6 Å². The van der Waals surface area contributed by atoms with E-state index in [-0.39, 0.29) is 23.1 Å². The number of β-amino-alcohol motifs (C(OH)–C–C–N with tert-alkyl or cyclic N) is 1. The van der Waals surface area contributed by atoms with Gasteiger partial charge in [0.05, 0.1) is 17.0 Å². The standard InChI is InChI=1S/C24H29N5O5S/c1-27-7-6-18-19(14-20-22(21(18)15-27)25-24(31)23(20)26-32)16-2-4-17(5-3-16)35(33,34)29-10-8-28(9-11-29)12-13-30/h2-5,14,25,30-31H,6-13,15H2,1H3. The van der Waals surface area contributed by atoms with E-state index >= 15 is 0 Å². The largest absolute Gasteiger partial charge is 0.493 e. The fraction of sp³-hybridized carbons (Fsp3) is 0.417. The first-order chi connectivity index (χ1) is 16.8. The monoisotopic (exact) mass is 499 g/mol. The molecule has 0 aliphatic carbocycles. The van der Waals surface area contributed by atoms with Gasteiger partial charge in [-0.15, -0.1) is 4.91 Å². The second-order valence-electron chi connectivity index (χ2n) is 9.20. The highest BCUT2D eigenvalue weighted by Gasteiger charge is 2.29. The van der Waals surface area contributed by atoms with E-state index in [1.165, 1.54) is 4.31 Å². The Morgan fingerprint density at radius 1 is 1.06 bits per heavy atom. The zero-order valence-corrected chi connectivity index (χ0v) is 20.4. The molecular weight excluding hydrogens is 470 g/mol. The fourth-order valence-electron chi connectivity index (χ4n) is 5.17. The summed E-state index contributed by atoms with van der Waals surface area (Å²) >= 11 is 0. The summed E-state index contributed by atoms with van der Waals surface area (Å²) < 4.78 is 27.9. The van der Waals surface area contributed by atoms with Crippen molar-refractivity contribution in [2.75, 3.05) is 52.9 Å². The number of sulfonamides is 1. The van der Waals surface area contributed by atoms with Crippen molar-refractivity contribution in [3.8, 4) is 17.0 Å². The molecule has 2 aromatic carbocycles. The molecule has 0 atom stereocenters. The number of hydrogen-bond donors (Lipinski definition) is 3. The van der Waals surface area contributed by atoms with E-state index < -0.39 is 10.0 Å². The highest BCUT2D eigenvalue weighted by atomic mass is 32.2. The topological polar surface area (TPSA) is 130 Å². The van der Waals surface area contributed by atoms with Gasteiger partial charge < -0.3 is 20.1 Å². The predicted octanol–water partition coefficient (Wildman–Crippen LogP) is 2.22. The first-order valence-electron chi connectivity index (χ1n) is 11.7. The zero-order valence-electron chi connectivity index (χ0n) is 19.6. The number of nitroso groups, excluding NO2 is 1. The van der Waals surface area contributed by atoms with E-state index in [1.54, 1.807) is 24.3 Å². The summed E-state index contributed by atoms with van der Waals surface area (Å²) in [5, 5.41) is 22.9. The number of fused-ring (bicyclic) bond motifs is 3. The number of aromatic hydroxyl groups is 1. The van der Waals surface area contributed by atoms with E-state index in [0.29, 0.717) is 50.2 Å². The molecule has 3 heterocycles. The Balaban J connectivity index is 1.50. The summed E-state index contributed by atoms with van der Waals surface area (Å²) in [6, 6.07) is 8.72. The van der Waals surface area contributed by atoms with Crippen LogP contribution >= 0.6 is 0 Å². The maximum atomic E-state index is 13.2. The number of aromatic nitrogens is 1. The average Bonchev–Trinajstić information content (AvgIpc) is 3.19. The molecule has 186 valence electrons. The molecule has 3 aromatic rings. The molecule has 0 saturated carbocycles. The van der Waals surface area contributed by atoms with Gasteiger partial charge in [-0.1, -0.05) is 12.1 Å². The number of piperazine rings is 1. The molecule has 2 aliphatic rings. The van der Waals surface area contributed by atoms with Crippen LogP contribution in [0.1, 0.15) is 11.1 Å². The third-order valence-corrected chi connectivity index (χ3v) is 9.00. The quantitative estimate of drug-likeness (QED) is 0.444. The summed E-state index contributed by atoms with van der Waals surface area (Å²) in [5.74, 6) is -0.247. The predicted molar refractivity (Wildman–Crippen MR) is 133 cm³/mol. The highest BCUT2D eigenvalue weighted by molar-refractivity contribution is 7.89. The second kappa shape index (κ2) is 9.32. The molecule has 5 rings (SSSR count). The van der Waals surface area contributed by atoms with Crippen LogP contribution in [-0.2, 0) is 23.0 Å². The van der Waals surface area contributed by atoms with Crippen molar-refractivity contribution in [2.24, 2.45) is 5.18 Å². The lowest BCUT2D eigenvalue weighted by Crippen LogP contribution is -2.49. The van der Waals surface area contributed by atoms with Gasteiger partial charge in [-0.25, -0.2) is 8.42 Å². The lowest BCUT2D eigenvalue weighted by Gasteiger charge is -2.33. The smallest absolute Gasteiger partial charge is 0.243 e. The number of aromatic amines is 1. The van der Waals surface area contributed by atoms with E-state index in [9.17, 15) is 18.4 Å². The van der Waals surface area contributed by atoms with Gasteiger partial charge in [0.2, 0.25) is 15.9 Å². The second-order valence-corrected chi connectivity index (χ2v) is 11.1. The summed E-state index contributed by atoms with van der Waals surface area (Å²) in [4.78, 5) is 18.8. The van der Waals surface area contributed by atoms with Gasteiger partial charge in [0.15, 0.2) is 5.69 Å². The fourth-order valence-corrected chi connectivity index (χ4v) is 6.59. The number of nitrogens with one attached hydrogen (secondary N) is 1. The maximum absolute atomic E-state index is 13.2. The van der Waals surface area contributed by atoms with Crippen LogP contribution in [0.4, 0.5) is 5.69 Å². The summed E-state index contributed by atoms with van der Waals surface area (Å²) in [7, 11) is -1.60. The number of nitrogens with zero attached hydrogens (tertiary/aromatic N) is 4. The minimum absolute atomic E-state index is 0.0168. The normalized spacial score (nSPS) is 18.1. The van der Waals surface area contributed by atoms with Crippen molar-refractivity contribution >= 4 is 26.6 Å². The molecule has 35 heavy (non-hydrogen) atoms. The van der Waals surface area contributed by atoms with Gasteiger partial charge >= 0.3 is 0 Å².